The maximum absolute atomic E-state index is 14.3. The Morgan fingerprint density at radius 1 is 0.449 bits per heavy atom. The summed E-state index contributed by atoms with van der Waals surface area (Å²) in [5.41, 5.74) is 8.89. The molecule has 19 heteroatoms. The number of hydrogen-bond acceptors (Lipinski definition) is 15. The molecule has 3 amide bonds. The summed E-state index contributed by atoms with van der Waals surface area (Å²) >= 11 is 0. The van der Waals surface area contributed by atoms with Gasteiger partial charge in [0.05, 0.1) is 17.1 Å². The zero-order chi connectivity index (χ0) is 74.5. The van der Waals surface area contributed by atoms with Crippen LogP contribution in [0.4, 0.5) is 0 Å². The third-order valence-corrected chi connectivity index (χ3v) is 19.5. The van der Waals surface area contributed by atoms with Crippen LogP contribution in [-0.4, -0.2) is 176 Å². The number of rotatable bonds is 36. The number of aliphatic hydroxyl groups excluding tert-OH is 2. The molecule has 560 valence electrons. The number of aliphatic carboxylic acids is 1. The number of piperazine rings is 2. The lowest BCUT2D eigenvalue weighted by Crippen LogP contribution is -2.62. The number of aryl methyl sites for hydroxylation is 6. The molecular formula is C88H104N10O9. The van der Waals surface area contributed by atoms with E-state index in [2.05, 4.69) is 143 Å². The number of β-amino-alcohol motifs (C(OH)–C–C–N with tert-alkyl or cyclic N) is 2. The topological polar surface area (TPSA) is 245 Å². The van der Waals surface area contributed by atoms with E-state index in [0.717, 1.165) is 117 Å². The molecule has 4 atom stereocenters. The maximum atomic E-state index is 14.3. The predicted molar refractivity (Wildman–Crippen MR) is 421 cm³/mol. The molecule has 2 aliphatic heterocycles. The molecule has 6 aromatic carbocycles. The standard InChI is InChI=1S/C44H51N5O4.C36H44N4O3.C8H9NO2/c50-38(33-53-42-23-9-22-40-39(42)21-11-27-46-40)31-48-28-29-49(43(51)25-24-36-18-10-26-45-30-36)41(32-48)44(52)47-37(19-7-16-34-12-3-1-4-13-34)20-8-17-35-14-5-2-6-15-35;41-31(27-43-35-21-9-20-33-32(35)19-10-22-37-33)25-40-24-23-38-34(26-40)36(42)39-30(17-7-15-28-11-3-1-4-12-28)18-8-16-29-13-5-2-6-14-29;10-8(11)4-3-7-2-1-5-9-6-7/h1-6,9-15,18,21-23,26-27,30,37-38,41,50H,7-8,16-17,19-20,24-25,28-29,31-33H2,(H,47,52);1-6,9-14,19-22,30-31,34,38,41H,7-8,15-18,23-27H2,(H,39,42);1-2,5-6H,3-4H2,(H,10,11)/t38-,41?;31-,34?;/m11./s1. The predicted octanol–water partition coefficient (Wildman–Crippen LogP) is 11.9. The summed E-state index contributed by atoms with van der Waals surface area (Å²) in [6.07, 6.45) is 21.9. The fraction of sp³-hybridized carbons (Fsp3) is 0.364. The summed E-state index contributed by atoms with van der Waals surface area (Å²) in [5, 5.41) is 42.2. The van der Waals surface area contributed by atoms with E-state index in [-0.39, 0.29) is 55.5 Å². The largest absolute Gasteiger partial charge is 0.490 e. The van der Waals surface area contributed by atoms with E-state index in [1.165, 1.54) is 22.3 Å². The molecule has 2 unspecified atom stereocenters. The SMILES string of the molecule is O=C(NC(CCCc1ccccc1)CCCc1ccccc1)C1CN(C[C@@H](O)COc2cccc3ncccc23)CCN1.O=C(NC(CCCc1ccccc1)CCCc1ccccc1)C1CN(C[C@@H](O)COc2cccc3ncccc23)CCN1C(=O)CCc1cccnc1.O=C(O)CCc1cccnc1. The number of pyridine rings is 4. The van der Waals surface area contributed by atoms with Crippen molar-refractivity contribution in [1.29, 1.82) is 0 Å². The van der Waals surface area contributed by atoms with Gasteiger partial charge in [0.15, 0.2) is 0 Å². The Hall–Kier alpha value is -10.3. The first-order valence-electron chi connectivity index (χ1n) is 38.0. The number of ether oxygens (including phenoxy) is 2. The second kappa shape index (κ2) is 44.0. The number of hydrogen-bond donors (Lipinski definition) is 6. The molecule has 0 saturated carbocycles. The van der Waals surface area contributed by atoms with Crippen molar-refractivity contribution in [2.75, 3.05) is 65.6 Å². The number of nitrogens with zero attached hydrogens (tertiary/aromatic N) is 7. The lowest BCUT2D eigenvalue weighted by atomic mass is 9.98. The van der Waals surface area contributed by atoms with Gasteiger partial charge in [-0.2, -0.15) is 0 Å². The number of fused-ring (bicyclic) bond motifs is 2. The zero-order valence-electron chi connectivity index (χ0n) is 61.4. The molecule has 0 radical (unpaired) electrons. The van der Waals surface area contributed by atoms with Gasteiger partial charge in [-0.3, -0.25) is 48.9 Å². The van der Waals surface area contributed by atoms with E-state index in [4.69, 9.17) is 14.6 Å². The van der Waals surface area contributed by atoms with E-state index >= 15 is 0 Å². The van der Waals surface area contributed by atoms with Gasteiger partial charge in [0, 0.05) is 125 Å². The van der Waals surface area contributed by atoms with Crippen molar-refractivity contribution in [3.8, 4) is 11.5 Å². The van der Waals surface area contributed by atoms with Gasteiger partial charge in [0.2, 0.25) is 17.7 Å². The number of aromatic nitrogens is 4. The third kappa shape index (κ3) is 27.5. The zero-order valence-corrected chi connectivity index (χ0v) is 61.4. The summed E-state index contributed by atoms with van der Waals surface area (Å²) in [6, 6.07) is 67.8. The fourth-order valence-electron chi connectivity index (χ4n) is 13.9. The minimum absolute atomic E-state index is 0.0215. The van der Waals surface area contributed by atoms with Gasteiger partial charge < -0.3 is 45.6 Å². The molecule has 10 aromatic rings. The molecule has 19 nitrogen and oxygen atoms in total. The molecule has 2 saturated heterocycles. The molecule has 0 aliphatic carbocycles. The molecule has 6 N–H and O–H groups in total. The molecule has 2 fully saturated rings. The molecule has 4 aromatic heterocycles. The maximum Gasteiger partial charge on any atom is 0.303 e. The van der Waals surface area contributed by atoms with Crippen LogP contribution in [0, 0.1) is 0 Å². The number of carbonyl (C=O) groups excluding carboxylic acids is 3. The van der Waals surface area contributed by atoms with Gasteiger partial charge in [-0.15, -0.1) is 0 Å². The van der Waals surface area contributed by atoms with Crippen molar-refractivity contribution >= 4 is 45.5 Å². The first kappa shape index (κ1) is 79.3. The van der Waals surface area contributed by atoms with Crippen molar-refractivity contribution in [3.05, 3.63) is 277 Å². The molecule has 107 heavy (non-hydrogen) atoms. The Morgan fingerprint density at radius 3 is 1.31 bits per heavy atom. The number of aliphatic hydroxyl groups is 2. The molecule has 0 spiro atoms. The van der Waals surface area contributed by atoms with Gasteiger partial charge in [-0.25, -0.2) is 0 Å². The Labute approximate surface area is 629 Å². The van der Waals surface area contributed by atoms with Crippen molar-refractivity contribution in [1.82, 2.24) is 50.6 Å². The van der Waals surface area contributed by atoms with Crippen molar-refractivity contribution < 1.29 is 44.0 Å². The molecule has 6 heterocycles. The first-order valence-corrected chi connectivity index (χ1v) is 38.0. The number of amides is 3. The summed E-state index contributed by atoms with van der Waals surface area (Å²) < 4.78 is 12.0. The number of carboxylic acids is 1. The Kier molecular flexibility index (Phi) is 32.6. The number of benzene rings is 6. The van der Waals surface area contributed by atoms with Crippen LogP contribution in [0.25, 0.3) is 21.8 Å². The summed E-state index contributed by atoms with van der Waals surface area (Å²) in [6.45, 7) is 4.37. The molecular weight excluding hydrogens is 1340 g/mol. The minimum Gasteiger partial charge on any atom is -0.490 e. The van der Waals surface area contributed by atoms with Crippen molar-refractivity contribution in [3.63, 3.8) is 0 Å². The van der Waals surface area contributed by atoms with Crippen molar-refractivity contribution in [2.45, 2.75) is 139 Å². The Morgan fingerprint density at radius 2 is 0.869 bits per heavy atom. The highest BCUT2D eigenvalue weighted by Gasteiger charge is 2.37. The average molecular weight is 1450 g/mol. The van der Waals surface area contributed by atoms with Gasteiger partial charge in [-0.05, 0) is 184 Å². The van der Waals surface area contributed by atoms with E-state index in [9.17, 15) is 29.4 Å². The Balaban J connectivity index is 0.000000203. The van der Waals surface area contributed by atoms with Crippen LogP contribution in [0.1, 0.15) is 97.6 Å². The summed E-state index contributed by atoms with van der Waals surface area (Å²) in [4.78, 5) is 74.5. The summed E-state index contributed by atoms with van der Waals surface area (Å²) in [5.74, 6) is 0.473. The van der Waals surface area contributed by atoms with E-state index in [1.807, 2.05) is 103 Å². The van der Waals surface area contributed by atoms with E-state index in [1.54, 1.807) is 48.1 Å². The van der Waals surface area contributed by atoms with Crippen LogP contribution in [-0.2, 0) is 57.7 Å². The lowest BCUT2D eigenvalue weighted by molar-refractivity contribution is -0.144. The van der Waals surface area contributed by atoms with Crippen LogP contribution in [0.15, 0.2) is 243 Å². The highest BCUT2D eigenvalue weighted by Crippen LogP contribution is 2.26. The Bertz CT molecular complexity index is 4130. The van der Waals surface area contributed by atoms with Crippen LogP contribution in [0.5, 0.6) is 11.5 Å². The first-order chi connectivity index (χ1) is 52.4. The van der Waals surface area contributed by atoms with Gasteiger partial charge in [-0.1, -0.05) is 146 Å². The second-order valence-corrected chi connectivity index (χ2v) is 27.7. The molecule has 12 rings (SSSR count). The quantitative estimate of drug-likeness (QED) is 0.0214. The number of carbonyl (C=O) groups is 4. The number of carboxylic acid groups (broad SMARTS) is 1. The molecule has 0 bridgehead atoms. The second-order valence-electron chi connectivity index (χ2n) is 27.7. The van der Waals surface area contributed by atoms with Gasteiger partial charge in [0.25, 0.3) is 0 Å². The monoisotopic (exact) mass is 1440 g/mol. The number of nitrogens with one attached hydrogen (secondary N) is 3. The van der Waals surface area contributed by atoms with E-state index in [0.29, 0.717) is 76.6 Å². The minimum atomic E-state index is -0.790. The van der Waals surface area contributed by atoms with Crippen molar-refractivity contribution in [2.24, 2.45) is 0 Å². The van der Waals surface area contributed by atoms with Gasteiger partial charge >= 0.3 is 5.97 Å². The van der Waals surface area contributed by atoms with Gasteiger partial charge in [0.1, 0.15) is 43.0 Å². The lowest BCUT2D eigenvalue weighted by Gasteiger charge is -2.41. The van der Waals surface area contributed by atoms with Crippen LogP contribution >= 0.6 is 0 Å². The fourth-order valence-corrected chi connectivity index (χ4v) is 13.9. The molecule has 2 aliphatic rings. The highest BCUT2D eigenvalue weighted by atomic mass is 16.5. The van der Waals surface area contributed by atoms with Crippen LogP contribution < -0.4 is 25.4 Å². The average Bonchev–Trinajstić information content (AvgIpc) is 0.823. The highest BCUT2D eigenvalue weighted by molar-refractivity contribution is 5.89. The normalized spacial score (nSPS) is 15.1. The summed E-state index contributed by atoms with van der Waals surface area (Å²) in [7, 11) is 0. The van der Waals surface area contributed by atoms with E-state index < -0.39 is 24.2 Å². The smallest absolute Gasteiger partial charge is 0.303 e. The van der Waals surface area contributed by atoms with Crippen LogP contribution in [0.2, 0.25) is 0 Å². The van der Waals surface area contributed by atoms with Crippen LogP contribution in [0.3, 0.4) is 0 Å². The third-order valence-electron chi connectivity index (χ3n) is 19.5.